The van der Waals surface area contributed by atoms with E-state index in [4.69, 9.17) is 5.73 Å². The van der Waals surface area contributed by atoms with Crippen molar-refractivity contribution < 1.29 is 34.2 Å². The number of phenols is 1. The van der Waals surface area contributed by atoms with E-state index in [0.717, 1.165) is 16.7 Å². The molecule has 3 aliphatic carbocycles. The minimum Gasteiger partial charge on any atom is -0.507 e. The van der Waals surface area contributed by atoms with E-state index in [9.17, 15) is 34.2 Å². The van der Waals surface area contributed by atoms with E-state index in [-0.39, 0.29) is 30.1 Å². The molecule has 2 unspecified atom stereocenters. The van der Waals surface area contributed by atoms with Gasteiger partial charge in [0.2, 0.25) is 11.8 Å². The number of hydrogen-bond acceptors (Lipinski definition) is 7. The van der Waals surface area contributed by atoms with Crippen molar-refractivity contribution in [3.63, 3.8) is 0 Å². The number of aliphatic hydroxyl groups is 1. The van der Waals surface area contributed by atoms with E-state index in [1.54, 1.807) is 6.07 Å². The van der Waals surface area contributed by atoms with Crippen LogP contribution in [-0.4, -0.2) is 45.0 Å². The van der Waals surface area contributed by atoms with Gasteiger partial charge < -0.3 is 21.3 Å². The van der Waals surface area contributed by atoms with Crippen LogP contribution >= 0.6 is 0 Å². The van der Waals surface area contributed by atoms with Crippen LogP contribution in [0.25, 0.3) is 11.1 Å². The van der Waals surface area contributed by atoms with Crippen LogP contribution in [0.2, 0.25) is 0 Å². The van der Waals surface area contributed by atoms with Crippen LogP contribution in [0.1, 0.15) is 34.8 Å². The minimum absolute atomic E-state index is 0.00160. The highest BCUT2D eigenvalue weighted by Gasteiger charge is 2.63. The van der Waals surface area contributed by atoms with Crippen LogP contribution in [0.4, 0.5) is 0 Å². The zero-order valence-corrected chi connectivity index (χ0v) is 20.1. The summed E-state index contributed by atoms with van der Waals surface area (Å²) in [6.45, 7) is 1.81. The maximum absolute atomic E-state index is 13.7. The molecular weight excluding hydrogens is 476 g/mol. The first-order chi connectivity index (χ1) is 17.5. The number of primary amides is 1. The average Bonchev–Trinajstić information content (AvgIpc) is 2.85. The molecule has 5 rings (SSSR count). The predicted octanol–water partition coefficient (Wildman–Crippen LogP) is 1.23. The molecule has 0 aromatic heterocycles. The Balaban J connectivity index is 1.53. The Morgan fingerprint density at radius 3 is 2.41 bits per heavy atom. The van der Waals surface area contributed by atoms with Gasteiger partial charge >= 0.3 is 0 Å². The Kier molecular flexibility index (Phi) is 5.83. The van der Waals surface area contributed by atoms with Gasteiger partial charge in [-0.1, -0.05) is 42.5 Å². The molecule has 0 spiro atoms. The monoisotopic (exact) mass is 502 g/mol. The minimum atomic E-state index is -2.51. The number of aromatic hydroxyl groups is 1. The number of carbonyl (C=O) groups is 5. The van der Waals surface area contributed by atoms with Crippen molar-refractivity contribution >= 4 is 29.2 Å². The van der Waals surface area contributed by atoms with Crippen LogP contribution in [0, 0.1) is 23.7 Å². The molecule has 0 heterocycles. The van der Waals surface area contributed by atoms with E-state index in [1.165, 1.54) is 25.1 Å². The number of hydrogen-bond donors (Lipinski definition) is 4. The van der Waals surface area contributed by atoms with Gasteiger partial charge in [-0.25, -0.2) is 0 Å². The molecule has 9 nitrogen and oxygen atoms in total. The molecule has 5 atom stereocenters. The van der Waals surface area contributed by atoms with Crippen LogP contribution in [0.3, 0.4) is 0 Å². The molecular formula is C28H26N2O7. The van der Waals surface area contributed by atoms with Crippen molar-refractivity contribution in [1.29, 1.82) is 0 Å². The molecule has 1 saturated carbocycles. The van der Waals surface area contributed by atoms with Crippen molar-refractivity contribution in [2.75, 3.05) is 0 Å². The number of benzene rings is 2. The lowest BCUT2D eigenvalue weighted by atomic mass is 9.55. The number of fused-ring (bicyclic) bond motifs is 3. The summed E-state index contributed by atoms with van der Waals surface area (Å²) in [6, 6.07) is 10.5. The van der Waals surface area contributed by atoms with E-state index >= 15 is 0 Å². The number of ketones is 3. The van der Waals surface area contributed by atoms with Crippen LogP contribution in [0.5, 0.6) is 5.75 Å². The summed E-state index contributed by atoms with van der Waals surface area (Å²) >= 11 is 0. The van der Waals surface area contributed by atoms with Gasteiger partial charge in [-0.05, 0) is 47.1 Å². The second-order valence-corrected chi connectivity index (χ2v) is 10.0. The highest BCUT2D eigenvalue weighted by molar-refractivity contribution is 6.26. The third kappa shape index (κ3) is 3.77. The predicted molar refractivity (Wildman–Crippen MR) is 131 cm³/mol. The average molecular weight is 503 g/mol. The van der Waals surface area contributed by atoms with E-state index < -0.39 is 52.5 Å². The summed E-state index contributed by atoms with van der Waals surface area (Å²) in [5.74, 6) is -8.15. The standard InChI is InChI=1S/C28H26N2O7/c1-13(31)30-12-14-2-4-15(5-3-14)18-8-9-21(32)23-20(18)11-16-10-17-6-7-19(27(29)36)25(34)28(17,37)26(35)22(16)24(23)33/h2-9,16-17,19,22,32,37H,10-12H2,1H3,(H2,29,36)(H,30,31)/t16-,17-,19?,22?,28-/m1/s1. The lowest BCUT2D eigenvalue weighted by Gasteiger charge is -2.47. The molecule has 2 aromatic carbocycles. The quantitative estimate of drug-likeness (QED) is 0.361. The van der Waals surface area contributed by atoms with Crippen molar-refractivity contribution in [2.45, 2.75) is 31.9 Å². The molecule has 2 amide bonds. The molecule has 2 aromatic rings. The number of rotatable bonds is 4. The SMILES string of the molecule is CC(=O)NCc1ccc(-c2ccc(O)c3c2C[C@H]2C[C@H]4C=CC(C(N)=O)C(=O)[C@@]4(O)C(=O)C2C3=O)cc1. The van der Waals surface area contributed by atoms with Gasteiger partial charge in [0, 0.05) is 19.4 Å². The molecule has 0 saturated heterocycles. The molecule has 1 fully saturated rings. The Bertz CT molecular complexity index is 1390. The van der Waals surface area contributed by atoms with Gasteiger partial charge in [-0.15, -0.1) is 0 Å². The number of Topliss-reactive ketones (excluding diaryl/α,β-unsaturated/α-hetero) is 3. The molecule has 5 N–H and O–H groups in total. The lowest BCUT2D eigenvalue weighted by molar-refractivity contribution is -0.166. The van der Waals surface area contributed by atoms with Gasteiger partial charge in [-0.2, -0.15) is 0 Å². The Labute approximate surface area is 212 Å². The summed E-state index contributed by atoms with van der Waals surface area (Å²) in [5.41, 5.74) is 5.78. The van der Waals surface area contributed by atoms with Crippen LogP contribution in [-0.2, 0) is 32.1 Å². The number of nitrogens with two attached hydrogens (primary N) is 1. The molecule has 37 heavy (non-hydrogen) atoms. The largest absolute Gasteiger partial charge is 0.507 e. The summed E-state index contributed by atoms with van der Waals surface area (Å²) in [6.07, 6.45) is 3.25. The van der Waals surface area contributed by atoms with E-state index in [0.29, 0.717) is 12.1 Å². The van der Waals surface area contributed by atoms with Crippen LogP contribution in [0.15, 0.2) is 48.6 Å². The van der Waals surface area contributed by atoms with Crippen molar-refractivity contribution in [3.8, 4) is 16.9 Å². The van der Waals surface area contributed by atoms with Gasteiger partial charge in [0.05, 0.1) is 11.5 Å². The first-order valence-corrected chi connectivity index (χ1v) is 12.1. The maximum Gasteiger partial charge on any atom is 0.232 e. The van der Waals surface area contributed by atoms with Crippen molar-refractivity contribution in [3.05, 3.63) is 65.2 Å². The summed E-state index contributed by atoms with van der Waals surface area (Å²) in [7, 11) is 0. The first-order valence-electron chi connectivity index (χ1n) is 12.1. The Hall–Kier alpha value is -4.11. The van der Waals surface area contributed by atoms with Gasteiger partial charge in [0.25, 0.3) is 0 Å². The summed E-state index contributed by atoms with van der Waals surface area (Å²) in [5, 5.41) is 24.6. The lowest BCUT2D eigenvalue weighted by Crippen LogP contribution is -2.65. The summed E-state index contributed by atoms with van der Waals surface area (Å²) in [4.78, 5) is 63.1. The molecule has 0 bridgehead atoms. The molecule has 0 aliphatic heterocycles. The number of amides is 2. The fourth-order valence-electron chi connectivity index (χ4n) is 5.96. The zero-order chi connectivity index (χ0) is 26.6. The van der Waals surface area contributed by atoms with Gasteiger partial charge in [-0.3, -0.25) is 24.0 Å². The van der Waals surface area contributed by atoms with Crippen LogP contribution < -0.4 is 11.1 Å². The number of carbonyl (C=O) groups excluding carboxylic acids is 5. The smallest absolute Gasteiger partial charge is 0.232 e. The molecule has 3 aliphatic rings. The second-order valence-electron chi connectivity index (χ2n) is 10.0. The first kappa shape index (κ1) is 24.6. The fourth-order valence-corrected chi connectivity index (χ4v) is 5.96. The topological polar surface area (TPSA) is 164 Å². The van der Waals surface area contributed by atoms with Gasteiger partial charge in [0.15, 0.2) is 23.0 Å². The highest BCUT2D eigenvalue weighted by Crippen LogP contribution is 2.50. The van der Waals surface area contributed by atoms with Crippen molar-refractivity contribution in [1.82, 2.24) is 5.32 Å². The third-order valence-electron chi connectivity index (χ3n) is 7.82. The Morgan fingerprint density at radius 1 is 1.05 bits per heavy atom. The fraction of sp³-hybridized carbons (Fsp3) is 0.321. The highest BCUT2D eigenvalue weighted by atomic mass is 16.3. The molecule has 190 valence electrons. The van der Waals surface area contributed by atoms with E-state index in [1.807, 2.05) is 24.3 Å². The summed E-state index contributed by atoms with van der Waals surface area (Å²) < 4.78 is 0. The van der Waals surface area contributed by atoms with Crippen molar-refractivity contribution in [2.24, 2.45) is 29.4 Å². The zero-order valence-electron chi connectivity index (χ0n) is 20.1. The number of phenolic OH excluding ortho intramolecular Hbond substituents is 1. The Morgan fingerprint density at radius 2 is 1.76 bits per heavy atom. The number of nitrogens with one attached hydrogen (secondary N) is 1. The van der Waals surface area contributed by atoms with Gasteiger partial charge in [0.1, 0.15) is 11.7 Å². The molecule has 0 radical (unpaired) electrons. The normalized spacial score (nSPS) is 28.2. The maximum atomic E-state index is 13.7. The second kappa shape index (κ2) is 8.77. The van der Waals surface area contributed by atoms with E-state index in [2.05, 4.69) is 5.32 Å². The molecule has 9 heteroatoms. The third-order valence-corrected chi connectivity index (χ3v) is 7.82.